The number of aryl methyl sites for hydroxylation is 2. The molecule has 0 unspecified atom stereocenters. The molecule has 0 heterocycles. The van der Waals surface area contributed by atoms with Gasteiger partial charge in [-0.1, -0.05) is 44.2 Å². The van der Waals surface area contributed by atoms with Gasteiger partial charge in [0.15, 0.2) is 0 Å². The largest absolute Gasteiger partial charge is 0.0814 e. The Morgan fingerprint density at radius 2 is 1.92 bits per heavy atom. The molecule has 0 fully saturated rings. The fraction of sp³-hybridized carbons (Fsp3) is 0.385. The molecule has 0 saturated heterocycles. The van der Waals surface area contributed by atoms with E-state index in [1.807, 2.05) is 0 Å². The molecule has 68 valence electrons. The van der Waals surface area contributed by atoms with Gasteiger partial charge in [-0.15, -0.1) is 0 Å². The van der Waals surface area contributed by atoms with Crippen molar-refractivity contribution in [1.29, 1.82) is 0 Å². The highest BCUT2D eigenvalue weighted by atomic mass is 14.2. The molecule has 0 saturated carbocycles. The third kappa shape index (κ3) is 1.82. The van der Waals surface area contributed by atoms with Crippen LogP contribution in [0.3, 0.4) is 0 Å². The van der Waals surface area contributed by atoms with Crippen LogP contribution in [0.25, 0.3) is 6.08 Å². The van der Waals surface area contributed by atoms with Crippen LogP contribution in [0.2, 0.25) is 0 Å². The first-order valence-corrected chi connectivity index (χ1v) is 5.06. The van der Waals surface area contributed by atoms with Crippen molar-refractivity contribution in [2.45, 2.75) is 26.7 Å². The molecule has 1 aliphatic carbocycles. The molecule has 2 rings (SSSR count). The van der Waals surface area contributed by atoms with E-state index in [1.165, 1.54) is 18.4 Å². The van der Waals surface area contributed by atoms with Gasteiger partial charge in [0.05, 0.1) is 0 Å². The fourth-order valence-electron chi connectivity index (χ4n) is 1.62. The summed E-state index contributed by atoms with van der Waals surface area (Å²) in [6, 6.07) is 6.80. The zero-order valence-corrected chi connectivity index (χ0v) is 8.38. The van der Waals surface area contributed by atoms with E-state index < -0.39 is 0 Å². The molecule has 0 aliphatic heterocycles. The Kier molecular flexibility index (Phi) is 2.22. The van der Waals surface area contributed by atoms with Crippen molar-refractivity contribution in [2.75, 3.05) is 0 Å². The second-order valence-corrected chi connectivity index (χ2v) is 4.13. The molecule has 0 amide bonds. The third-order valence-corrected chi connectivity index (χ3v) is 2.57. The maximum atomic E-state index is 2.32. The summed E-state index contributed by atoms with van der Waals surface area (Å²) in [5.74, 6) is 0.645. The van der Waals surface area contributed by atoms with Gasteiger partial charge in [0, 0.05) is 0 Å². The molecule has 0 N–H and O–H groups in total. The quantitative estimate of drug-likeness (QED) is 0.641. The minimum absolute atomic E-state index is 0.645. The Morgan fingerprint density at radius 3 is 2.46 bits per heavy atom. The molecule has 1 aliphatic rings. The van der Waals surface area contributed by atoms with Gasteiger partial charge in [0.25, 0.3) is 0 Å². The van der Waals surface area contributed by atoms with Crippen molar-refractivity contribution in [3.63, 3.8) is 0 Å². The Balaban J connectivity index is 2.18. The lowest BCUT2D eigenvalue weighted by Gasteiger charge is -2.18. The number of allylic oxidation sites excluding steroid dienone is 1. The topological polar surface area (TPSA) is 0 Å². The van der Waals surface area contributed by atoms with Crippen LogP contribution in [-0.4, -0.2) is 0 Å². The van der Waals surface area contributed by atoms with Crippen LogP contribution < -0.4 is 0 Å². The van der Waals surface area contributed by atoms with Crippen molar-refractivity contribution >= 4 is 6.08 Å². The molecule has 0 radical (unpaired) electrons. The smallest absolute Gasteiger partial charge is 0.0235 e. The highest BCUT2D eigenvalue weighted by Gasteiger charge is 2.11. The summed E-state index contributed by atoms with van der Waals surface area (Å²) >= 11 is 0. The summed E-state index contributed by atoms with van der Waals surface area (Å²) < 4.78 is 0. The summed E-state index contributed by atoms with van der Waals surface area (Å²) in [4.78, 5) is 0. The van der Waals surface area contributed by atoms with E-state index in [2.05, 4.69) is 44.2 Å². The predicted octanol–water partition coefficient (Wildman–Crippen LogP) is 3.45. The molecule has 0 spiro atoms. The van der Waals surface area contributed by atoms with Crippen molar-refractivity contribution in [2.24, 2.45) is 5.92 Å². The van der Waals surface area contributed by atoms with Crippen LogP contribution in [-0.2, 0) is 12.8 Å². The van der Waals surface area contributed by atoms with E-state index in [9.17, 15) is 0 Å². The van der Waals surface area contributed by atoms with Crippen LogP contribution in [0.1, 0.15) is 30.5 Å². The molecule has 1 aromatic rings. The van der Waals surface area contributed by atoms with Crippen LogP contribution in [0.5, 0.6) is 0 Å². The first-order chi connectivity index (χ1) is 6.25. The average Bonchev–Trinajstić information content (AvgIpc) is 2.05. The van der Waals surface area contributed by atoms with Crippen LogP contribution in [0.4, 0.5) is 0 Å². The van der Waals surface area contributed by atoms with Crippen LogP contribution >= 0.6 is 0 Å². The van der Waals surface area contributed by atoms with E-state index in [0.29, 0.717) is 5.92 Å². The first-order valence-electron chi connectivity index (χ1n) is 5.06. The first kappa shape index (κ1) is 8.55. The van der Waals surface area contributed by atoms with Crippen molar-refractivity contribution < 1.29 is 0 Å². The Labute approximate surface area is 80.3 Å². The molecule has 0 aromatic heterocycles. The Hall–Kier alpha value is -1.04. The Bertz CT molecular complexity index is 332. The average molecular weight is 172 g/mol. The molecule has 0 nitrogen and oxygen atoms in total. The number of hydrogen-bond donors (Lipinski definition) is 0. The normalized spacial score (nSPS) is 14.7. The summed E-state index contributed by atoms with van der Waals surface area (Å²) in [5, 5.41) is 0. The van der Waals surface area contributed by atoms with Crippen LogP contribution in [0.15, 0.2) is 24.3 Å². The second-order valence-electron chi connectivity index (χ2n) is 4.13. The minimum Gasteiger partial charge on any atom is -0.0814 e. The molecule has 13 heavy (non-hydrogen) atoms. The zero-order valence-electron chi connectivity index (χ0n) is 8.38. The highest BCUT2D eigenvalue weighted by molar-refractivity contribution is 5.53. The minimum atomic E-state index is 0.645. The summed E-state index contributed by atoms with van der Waals surface area (Å²) in [5.41, 5.74) is 4.44. The lowest BCUT2D eigenvalue weighted by Crippen LogP contribution is -2.07. The fourth-order valence-corrected chi connectivity index (χ4v) is 1.62. The van der Waals surface area contributed by atoms with E-state index in [4.69, 9.17) is 0 Å². The van der Waals surface area contributed by atoms with Crippen LogP contribution in [0, 0.1) is 5.92 Å². The van der Waals surface area contributed by atoms with Gasteiger partial charge in [0.1, 0.15) is 0 Å². The van der Waals surface area contributed by atoms with Gasteiger partial charge in [-0.05, 0) is 35.4 Å². The van der Waals surface area contributed by atoms with E-state index in [1.54, 1.807) is 11.1 Å². The zero-order chi connectivity index (χ0) is 9.26. The third-order valence-electron chi connectivity index (χ3n) is 2.57. The van der Waals surface area contributed by atoms with Gasteiger partial charge in [-0.3, -0.25) is 0 Å². The van der Waals surface area contributed by atoms with Gasteiger partial charge in [-0.2, -0.15) is 0 Å². The Morgan fingerprint density at radius 1 is 1.15 bits per heavy atom. The van der Waals surface area contributed by atoms with Gasteiger partial charge in [0.2, 0.25) is 0 Å². The molecule has 1 aromatic carbocycles. The maximum absolute atomic E-state index is 2.32. The second kappa shape index (κ2) is 3.37. The van der Waals surface area contributed by atoms with Gasteiger partial charge < -0.3 is 0 Å². The van der Waals surface area contributed by atoms with Gasteiger partial charge >= 0.3 is 0 Å². The monoisotopic (exact) mass is 172 g/mol. The number of fused-ring (bicyclic) bond motifs is 1. The standard InChI is InChI=1S/C13H16/c1-10(2)3-4-11-5-6-12-7-8-13(12)9-11/h3-6,9-10H,7-8H2,1-2H3/b4-3+. The molecular formula is C13H16. The van der Waals surface area contributed by atoms with E-state index in [0.717, 1.165) is 0 Å². The number of hydrogen-bond acceptors (Lipinski definition) is 0. The molecule has 0 heteroatoms. The molecular weight excluding hydrogens is 156 g/mol. The lowest BCUT2D eigenvalue weighted by molar-refractivity contribution is 0.833. The van der Waals surface area contributed by atoms with Crippen molar-refractivity contribution in [3.8, 4) is 0 Å². The predicted molar refractivity (Wildman–Crippen MR) is 57.7 cm³/mol. The summed E-state index contributed by atoms with van der Waals surface area (Å²) in [7, 11) is 0. The van der Waals surface area contributed by atoms with Crippen molar-refractivity contribution in [3.05, 3.63) is 41.0 Å². The molecule has 0 atom stereocenters. The van der Waals surface area contributed by atoms with Gasteiger partial charge in [-0.25, -0.2) is 0 Å². The number of rotatable bonds is 2. The lowest BCUT2D eigenvalue weighted by atomic mass is 9.87. The summed E-state index contributed by atoms with van der Waals surface area (Å²) in [6.45, 7) is 4.41. The molecule has 0 bridgehead atoms. The SMILES string of the molecule is CC(C)/C=C/c1ccc2c(c1)CC2. The number of benzene rings is 1. The maximum Gasteiger partial charge on any atom is -0.0235 e. The van der Waals surface area contributed by atoms with Crippen molar-refractivity contribution in [1.82, 2.24) is 0 Å². The van der Waals surface area contributed by atoms with E-state index >= 15 is 0 Å². The van der Waals surface area contributed by atoms with E-state index in [-0.39, 0.29) is 0 Å². The highest BCUT2D eigenvalue weighted by Crippen LogP contribution is 2.24. The summed E-state index contributed by atoms with van der Waals surface area (Å²) in [6.07, 6.45) is 7.03.